The summed E-state index contributed by atoms with van der Waals surface area (Å²) in [6.45, 7) is 4.72. The molecular weight excluding hydrogens is 304 g/mol. The number of carbonyl (C=O) groups excluding carboxylic acids is 1. The van der Waals surface area contributed by atoms with Gasteiger partial charge in [-0.1, -0.05) is 44.0 Å². The van der Waals surface area contributed by atoms with Crippen molar-refractivity contribution in [3.8, 4) is 0 Å². The summed E-state index contributed by atoms with van der Waals surface area (Å²) in [5, 5.41) is 7.84. The van der Waals surface area contributed by atoms with Crippen molar-refractivity contribution >= 4 is 5.91 Å². The van der Waals surface area contributed by atoms with Crippen LogP contribution in [-0.4, -0.2) is 16.0 Å². The van der Waals surface area contributed by atoms with Gasteiger partial charge in [-0.2, -0.15) is 4.98 Å². The number of amides is 1. The zero-order valence-corrected chi connectivity index (χ0v) is 14.2. The number of benzene rings is 1. The third kappa shape index (κ3) is 3.33. The van der Waals surface area contributed by atoms with Crippen LogP contribution in [0.4, 0.5) is 0 Å². The van der Waals surface area contributed by atoms with E-state index in [1.807, 2.05) is 32.0 Å². The van der Waals surface area contributed by atoms with Gasteiger partial charge in [0.2, 0.25) is 11.8 Å². The molecule has 1 fully saturated rings. The van der Waals surface area contributed by atoms with Crippen molar-refractivity contribution in [1.82, 2.24) is 15.5 Å². The largest absolute Gasteiger partial charge is 0.366 e. The first-order chi connectivity index (χ1) is 11.5. The Balaban J connectivity index is 1.79. The lowest BCUT2D eigenvalue weighted by molar-refractivity contribution is 0.1000. The van der Waals surface area contributed by atoms with Crippen LogP contribution in [0.2, 0.25) is 0 Å². The third-order valence-corrected chi connectivity index (χ3v) is 4.66. The first kappa shape index (κ1) is 16.6. The van der Waals surface area contributed by atoms with Gasteiger partial charge in [-0.3, -0.25) is 4.79 Å². The first-order valence-corrected chi connectivity index (χ1v) is 8.48. The van der Waals surface area contributed by atoms with Crippen molar-refractivity contribution in [3.05, 3.63) is 47.1 Å². The highest BCUT2D eigenvalue weighted by molar-refractivity contribution is 5.92. The van der Waals surface area contributed by atoms with Gasteiger partial charge < -0.3 is 15.6 Å². The minimum Gasteiger partial charge on any atom is -0.366 e. The summed E-state index contributed by atoms with van der Waals surface area (Å²) in [6.07, 6.45) is 4.25. The molecule has 128 valence electrons. The number of carbonyl (C=O) groups is 1. The lowest BCUT2D eigenvalue weighted by atomic mass is 9.96. The highest BCUT2D eigenvalue weighted by Gasteiger charge is 2.39. The molecule has 1 aromatic carbocycles. The number of hydrogen-bond donors (Lipinski definition) is 2. The Kier molecular flexibility index (Phi) is 4.66. The maximum absolute atomic E-state index is 11.3. The minimum atomic E-state index is -0.410. The van der Waals surface area contributed by atoms with Crippen LogP contribution in [0.15, 0.2) is 28.8 Å². The number of nitrogens with one attached hydrogen (secondary N) is 1. The van der Waals surface area contributed by atoms with Crippen LogP contribution in [0.3, 0.4) is 0 Å². The molecule has 1 aliphatic carbocycles. The van der Waals surface area contributed by atoms with E-state index >= 15 is 0 Å². The molecule has 6 heteroatoms. The van der Waals surface area contributed by atoms with Gasteiger partial charge in [-0.25, -0.2) is 0 Å². The molecule has 0 bridgehead atoms. The molecular formula is C18H24N4O2. The standard InChI is InChI=1S/C18H24N4O2/c1-12(2)16-21-17(22-24-16)18(8-3-4-9-18)20-11-13-6-5-7-14(10-13)15(19)23/h5-7,10,12,20H,3-4,8-9,11H2,1-2H3,(H2,19,23). The van der Waals surface area contributed by atoms with E-state index in [1.54, 1.807) is 6.07 Å². The first-order valence-electron chi connectivity index (χ1n) is 8.48. The second-order valence-corrected chi connectivity index (χ2v) is 6.82. The van der Waals surface area contributed by atoms with Crippen molar-refractivity contribution < 1.29 is 9.32 Å². The van der Waals surface area contributed by atoms with E-state index in [2.05, 4.69) is 15.5 Å². The van der Waals surface area contributed by atoms with Gasteiger partial charge in [0.1, 0.15) is 0 Å². The van der Waals surface area contributed by atoms with E-state index in [0.29, 0.717) is 18.0 Å². The van der Waals surface area contributed by atoms with E-state index in [9.17, 15) is 4.79 Å². The number of nitrogens with zero attached hydrogens (tertiary/aromatic N) is 2. The summed E-state index contributed by atoms with van der Waals surface area (Å²) < 4.78 is 5.40. The lowest BCUT2D eigenvalue weighted by Gasteiger charge is -2.27. The average Bonchev–Trinajstić information content (AvgIpc) is 3.23. The van der Waals surface area contributed by atoms with Gasteiger partial charge >= 0.3 is 0 Å². The highest BCUT2D eigenvalue weighted by atomic mass is 16.5. The molecule has 6 nitrogen and oxygen atoms in total. The molecule has 1 amide bonds. The average molecular weight is 328 g/mol. The van der Waals surface area contributed by atoms with Gasteiger partial charge in [0, 0.05) is 18.0 Å². The summed E-state index contributed by atoms with van der Waals surface area (Å²) >= 11 is 0. The predicted octanol–water partition coefficient (Wildman–Crippen LogP) is 2.85. The van der Waals surface area contributed by atoms with E-state index in [4.69, 9.17) is 10.3 Å². The molecule has 0 spiro atoms. The van der Waals surface area contributed by atoms with Gasteiger partial charge in [-0.05, 0) is 30.5 Å². The molecule has 3 rings (SSSR count). The molecule has 0 aliphatic heterocycles. The lowest BCUT2D eigenvalue weighted by Crippen LogP contribution is -2.40. The Labute approximate surface area is 141 Å². The Morgan fingerprint density at radius 1 is 1.38 bits per heavy atom. The summed E-state index contributed by atoms with van der Waals surface area (Å²) in [5.74, 6) is 1.23. The monoisotopic (exact) mass is 328 g/mol. The fourth-order valence-electron chi connectivity index (χ4n) is 3.23. The van der Waals surface area contributed by atoms with Crippen molar-refractivity contribution in [3.63, 3.8) is 0 Å². The molecule has 1 heterocycles. The molecule has 24 heavy (non-hydrogen) atoms. The van der Waals surface area contributed by atoms with Crippen LogP contribution >= 0.6 is 0 Å². The maximum atomic E-state index is 11.3. The van der Waals surface area contributed by atoms with Crippen LogP contribution in [0, 0.1) is 0 Å². The van der Waals surface area contributed by atoms with Crippen LogP contribution in [-0.2, 0) is 12.1 Å². The minimum absolute atomic E-state index is 0.219. The van der Waals surface area contributed by atoms with E-state index < -0.39 is 5.91 Å². The molecule has 1 aromatic heterocycles. The smallest absolute Gasteiger partial charge is 0.248 e. The highest BCUT2D eigenvalue weighted by Crippen LogP contribution is 2.38. The Morgan fingerprint density at radius 2 is 2.12 bits per heavy atom. The second kappa shape index (κ2) is 6.73. The molecule has 0 atom stereocenters. The summed E-state index contributed by atoms with van der Waals surface area (Å²) in [7, 11) is 0. The number of primary amides is 1. The maximum Gasteiger partial charge on any atom is 0.248 e. The predicted molar refractivity (Wildman–Crippen MR) is 90.3 cm³/mol. The van der Waals surface area contributed by atoms with Gasteiger partial charge in [0.05, 0.1) is 5.54 Å². The van der Waals surface area contributed by atoms with Crippen LogP contribution in [0.1, 0.15) is 73.1 Å². The van der Waals surface area contributed by atoms with Gasteiger partial charge in [0.15, 0.2) is 5.82 Å². The summed E-state index contributed by atoms with van der Waals surface area (Å²) in [4.78, 5) is 15.9. The molecule has 1 aliphatic rings. The SMILES string of the molecule is CC(C)c1nc(C2(NCc3cccc(C(N)=O)c3)CCCC2)no1. The van der Waals surface area contributed by atoms with E-state index in [-0.39, 0.29) is 11.5 Å². The number of hydrogen-bond acceptors (Lipinski definition) is 5. The molecule has 2 aromatic rings. The summed E-state index contributed by atoms with van der Waals surface area (Å²) in [6, 6.07) is 7.39. The van der Waals surface area contributed by atoms with Gasteiger partial charge in [-0.15, -0.1) is 0 Å². The van der Waals surface area contributed by atoms with Crippen molar-refractivity contribution in [2.45, 2.75) is 57.5 Å². The zero-order chi connectivity index (χ0) is 17.2. The molecule has 0 unspecified atom stereocenters. The van der Waals surface area contributed by atoms with Crippen molar-refractivity contribution in [2.24, 2.45) is 5.73 Å². The zero-order valence-electron chi connectivity index (χ0n) is 14.2. The van der Waals surface area contributed by atoms with E-state index in [0.717, 1.165) is 37.1 Å². The number of rotatable bonds is 6. The van der Waals surface area contributed by atoms with Crippen molar-refractivity contribution in [2.75, 3.05) is 0 Å². The fraction of sp³-hybridized carbons (Fsp3) is 0.500. The fourth-order valence-corrected chi connectivity index (χ4v) is 3.23. The number of nitrogens with two attached hydrogens (primary N) is 1. The molecule has 3 N–H and O–H groups in total. The number of aromatic nitrogens is 2. The quantitative estimate of drug-likeness (QED) is 0.850. The van der Waals surface area contributed by atoms with Crippen LogP contribution in [0.5, 0.6) is 0 Å². The van der Waals surface area contributed by atoms with Crippen LogP contribution in [0.25, 0.3) is 0 Å². The summed E-state index contributed by atoms with van der Waals surface area (Å²) in [5.41, 5.74) is 6.65. The Morgan fingerprint density at radius 3 is 2.75 bits per heavy atom. The van der Waals surface area contributed by atoms with Crippen molar-refractivity contribution in [1.29, 1.82) is 0 Å². The Hall–Kier alpha value is -2.21. The topological polar surface area (TPSA) is 94.0 Å². The Bertz CT molecular complexity index is 717. The van der Waals surface area contributed by atoms with Crippen LogP contribution < -0.4 is 11.1 Å². The van der Waals surface area contributed by atoms with Gasteiger partial charge in [0.25, 0.3) is 0 Å². The third-order valence-electron chi connectivity index (χ3n) is 4.66. The molecule has 0 saturated heterocycles. The van der Waals surface area contributed by atoms with E-state index in [1.165, 1.54) is 0 Å². The normalized spacial score (nSPS) is 16.6. The molecule has 1 saturated carbocycles. The molecule has 0 radical (unpaired) electrons. The second-order valence-electron chi connectivity index (χ2n) is 6.82.